The van der Waals surface area contributed by atoms with Gasteiger partial charge in [-0.2, -0.15) is 5.26 Å². The summed E-state index contributed by atoms with van der Waals surface area (Å²) in [5.74, 6) is -0.377. The van der Waals surface area contributed by atoms with Crippen molar-refractivity contribution in [2.75, 3.05) is 0 Å². The third-order valence-electron chi connectivity index (χ3n) is 2.24. The topological polar surface area (TPSA) is 76.9 Å². The lowest BCUT2D eigenvalue weighted by molar-refractivity contribution is 0.450. The summed E-state index contributed by atoms with van der Waals surface area (Å²) in [5.41, 5.74) is 1.15. The Balaban J connectivity index is 2.80. The number of pyridine rings is 1. The Kier molecular flexibility index (Phi) is 2.50. The molecule has 80 valence electrons. The molecule has 2 heterocycles. The summed E-state index contributed by atoms with van der Waals surface area (Å²) in [5, 5.41) is 20.3. The van der Waals surface area contributed by atoms with Gasteiger partial charge in [-0.15, -0.1) is 11.3 Å². The normalized spacial score (nSPS) is 10.0. The summed E-state index contributed by atoms with van der Waals surface area (Å²) in [6.07, 6.45) is 0. The van der Waals surface area contributed by atoms with E-state index in [0.29, 0.717) is 5.56 Å². The van der Waals surface area contributed by atoms with E-state index in [2.05, 4.69) is 4.98 Å². The maximum Gasteiger partial charge on any atom is 0.251 e. The third-order valence-corrected chi connectivity index (χ3v) is 3.29. The molecule has 0 radical (unpaired) electrons. The van der Waals surface area contributed by atoms with E-state index < -0.39 is 5.56 Å². The van der Waals surface area contributed by atoms with Crippen LogP contribution in [0.15, 0.2) is 22.3 Å². The van der Waals surface area contributed by atoms with Crippen LogP contribution in [-0.4, -0.2) is 10.1 Å². The van der Waals surface area contributed by atoms with E-state index >= 15 is 0 Å². The minimum atomic E-state index is -0.417. The van der Waals surface area contributed by atoms with Crippen molar-refractivity contribution in [3.8, 4) is 22.4 Å². The number of nitriles is 1. The third kappa shape index (κ3) is 1.59. The highest BCUT2D eigenvalue weighted by Crippen LogP contribution is 2.32. The number of aromatic amines is 1. The summed E-state index contributed by atoms with van der Waals surface area (Å²) < 4.78 is 0. The summed E-state index contributed by atoms with van der Waals surface area (Å²) in [6.45, 7) is 1.89. The second-order valence-electron chi connectivity index (χ2n) is 3.32. The Hall–Kier alpha value is -2.06. The number of H-pyrrole nitrogens is 1. The number of hydrogen-bond donors (Lipinski definition) is 2. The molecule has 2 N–H and O–H groups in total. The van der Waals surface area contributed by atoms with Gasteiger partial charge >= 0.3 is 0 Å². The van der Waals surface area contributed by atoms with Crippen molar-refractivity contribution in [3.63, 3.8) is 0 Å². The van der Waals surface area contributed by atoms with E-state index in [1.807, 2.05) is 24.4 Å². The minimum absolute atomic E-state index is 0.102. The fraction of sp³-hybridized carbons (Fsp3) is 0.0909. The van der Waals surface area contributed by atoms with Crippen LogP contribution in [0.1, 0.15) is 11.1 Å². The molecule has 2 aromatic rings. The molecule has 0 aliphatic rings. The quantitative estimate of drug-likeness (QED) is 0.789. The van der Waals surface area contributed by atoms with Crippen molar-refractivity contribution in [3.05, 3.63) is 39.0 Å². The van der Waals surface area contributed by atoms with Gasteiger partial charge in [-0.3, -0.25) is 9.78 Å². The van der Waals surface area contributed by atoms with Crippen LogP contribution in [0, 0.1) is 18.3 Å². The highest BCUT2D eigenvalue weighted by Gasteiger charge is 2.14. The number of aromatic nitrogens is 1. The van der Waals surface area contributed by atoms with Gasteiger partial charge in [0.2, 0.25) is 5.88 Å². The monoisotopic (exact) mass is 232 g/mol. The highest BCUT2D eigenvalue weighted by molar-refractivity contribution is 7.13. The number of rotatable bonds is 1. The van der Waals surface area contributed by atoms with Crippen LogP contribution in [-0.2, 0) is 0 Å². The Morgan fingerprint density at radius 1 is 1.56 bits per heavy atom. The first kappa shape index (κ1) is 10.5. The van der Waals surface area contributed by atoms with E-state index in [4.69, 9.17) is 5.26 Å². The molecule has 16 heavy (non-hydrogen) atoms. The maximum absolute atomic E-state index is 11.3. The molecule has 0 spiro atoms. The van der Waals surface area contributed by atoms with E-state index in [1.54, 1.807) is 0 Å². The highest BCUT2D eigenvalue weighted by atomic mass is 32.1. The van der Waals surface area contributed by atoms with Crippen LogP contribution in [0.4, 0.5) is 0 Å². The summed E-state index contributed by atoms with van der Waals surface area (Å²) in [7, 11) is 0. The standard InChI is InChI=1S/C11H8N2O2S/c1-6-2-3-16-10(6)7-4-9(14)13-11(15)8(7)5-12/h2-4H,1H3,(H2,13,14,15). The van der Waals surface area contributed by atoms with Crippen LogP contribution < -0.4 is 5.56 Å². The van der Waals surface area contributed by atoms with Crippen molar-refractivity contribution in [1.29, 1.82) is 5.26 Å². The van der Waals surface area contributed by atoms with Gasteiger partial charge in [0, 0.05) is 16.5 Å². The van der Waals surface area contributed by atoms with Crippen LogP contribution in [0.5, 0.6) is 5.88 Å². The number of thiophene rings is 1. The van der Waals surface area contributed by atoms with Crippen LogP contribution in [0.2, 0.25) is 0 Å². The molecular weight excluding hydrogens is 224 g/mol. The van der Waals surface area contributed by atoms with Gasteiger partial charge in [0.05, 0.1) is 0 Å². The van der Waals surface area contributed by atoms with Crippen molar-refractivity contribution in [2.24, 2.45) is 0 Å². The van der Waals surface area contributed by atoms with Gasteiger partial charge in [-0.05, 0) is 23.9 Å². The molecule has 2 rings (SSSR count). The number of nitrogens with one attached hydrogen (secondary N) is 1. The predicted molar refractivity (Wildman–Crippen MR) is 61.5 cm³/mol. The lowest BCUT2D eigenvalue weighted by atomic mass is 10.1. The minimum Gasteiger partial charge on any atom is -0.494 e. The molecule has 0 fully saturated rings. The second kappa shape index (κ2) is 3.83. The first-order valence-electron chi connectivity index (χ1n) is 4.54. The zero-order chi connectivity index (χ0) is 11.7. The molecule has 0 unspecified atom stereocenters. The summed E-state index contributed by atoms with van der Waals surface area (Å²) in [6, 6.07) is 5.13. The first-order chi connectivity index (χ1) is 7.63. The first-order valence-corrected chi connectivity index (χ1v) is 5.42. The maximum atomic E-state index is 11.3. The van der Waals surface area contributed by atoms with Crippen molar-refractivity contribution in [1.82, 2.24) is 4.98 Å². The Labute approximate surface area is 95.4 Å². The van der Waals surface area contributed by atoms with Crippen LogP contribution >= 0.6 is 11.3 Å². The van der Waals surface area contributed by atoms with Gasteiger partial charge in [0.15, 0.2) is 0 Å². The summed E-state index contributed by atoms with van der Waals surface area (Å²) >= 11 is 1.43. The van der Waals surface area contributed by atoms with Gasteiger partial charge in [-0.25, -0.2) is 0 Å². The number of hydrogen-bond acceptors (Lipinski definition) is 4. The van der Waals surface area contributed by atoms with Crippen molar-refractivity contribution in [2.45, 2.75) is 6.92 Å². The zero-order valence-electron chi connectivity index (χ0n) is 8.44. The fourth-order valence-corrected chi connectivity index (χ4v) is 2.44. The number of aromatic hydroxyl groups is 1. The molecule has 0 aliphatic carbocycles. The van der Waals surface area contributed by atoms with Crippen molar-refractivity contribution >= 4 is 11.3 Å². The van der Waals surface area contributed by atoms with Gasteiger partial charge in [-0.1, -0.05) is 0 Å². The van der Waals surface area contributed by atoms with Crippen molar-refractivity contribution < 1.29 is 5.11 Å². The van der Waals surface area contributed by atoms with E-state index in [0.717, 1.165) is 10.4 Å². The number of nitrogens with zero attached hydrogens (tertiary/aromatic N) is 1. The smallest absolute Gasteiger partial charge is 0.251 e. The van der Waals surface area contributed by atoms with Gasteiger partial charge in [0.1, 0.15) is 11.6 Å². The number of aryl methyl sites for hydroxylation is 1. The molecule has 0 bridgehead atoms. The molecule has 0 atom stereocenters. The largest absolute Gasteiger partial charge is 0.494 e. The average Bonchev–Trinajstić information content (AvgIpc) is 2.63. The molecule has 0 saturated heterocycles. The van der Waals surface area contributed by atoms with Crippen LogP contribution in [0.25, 0.3) is 10.4 Å². The molecule has 0 saturated carbocycles. The second-order valence-corrected chi connectivity index (χ2v) is 4.23. The van der Waals surface area contributed by atoms with Gasteiger partial charge < -0.3 is 5.11 Å². The lowest BCUT2D eigenvalue weighted by Crippen LogP contribution is -2.05. The molecule has 0 aliphatic heterocycles. The SMILES string of the molecule is Cc1ccsc1-c1cc(=O)[nH]c(O)c1C#N. The zero-order valence-corrected chi connectivity index (χ0v) is 9.26. The molecule has 2 aromatic heterocycles. The fourth-order valence-electron chi connectivity index (χ4n) is 1.49. The Bertz CT molecular complexity index is 634. The van der Waals surface area contributed by atoms with Gasteiger partial charge in [0.25, 0.3) is 5.56 Å². The molecule has 0 aromatic carbocycles. The van der Waals surface area contributed by atoms with E-state index in [1.165, 1.54) is 17.4 Å². The van der Waals surface area contributed by atoms with Crippen LogP contribution in [0.3, 0.4) is 0 Å². The molecule has 5 heteroatoms. The Morgan fingerprint density at radius 2 is 2.31 bits per heavy atom. The van der Waals surface area contributed by atoms with E-state index in [-0.39, 0.29) is 11.4 Å². The molecule has 4 nitrogen and oxygen atoms in total. The molecule has 0 amide bonds. The average molecular weight is 232 g/mol. The Morgan fingerprint density at radius 3 is 2.88 bits per heavy atom. The van der Waals surface area contributed by atoms with E-state index in [9.17, 15) is 9.90 Å². The summed E-state index contributed by atoms with van der Waals surface area (Å²) in [4.78, 5) is 14.3. The lowest BCUT2D eigenvalue weighted by Gasteiger charge is -2.03. The predicted octanol–water partition coefficient (Wildman–Crippen LogP) is 1.99. The molecular formula is C11H8N2O2S.